The number of benzene rings is 2. The number of ether oxygens (including phenoxy) is 8. The van der Waals surface area contributed by atoms with Gasteiger partial charge in [-0.1, -0.05) is 6.07 Å². The molecule has 0 aliphatic carbocycles. The molecule has 2 aliphatic heterocycles. The summed E-state index contributed by atoms with van der Waals surface area (Å²) in [6, 6.07) is 9.02. The van der Waals surface area contributed by atoms with Gasteiger partial charge < -0.3 is 43.0 Å². The standard InChI is InChI=1S/C30H32O14/c1-15(31)39-14-26-27(40-16(2)32)28(41-17(3)33)29(42-18(4)34)30(44-26)43-20-6-7-21(23(36)13-20)22(35)11-19-5-8-24-25(12-19)38-10-9-37-24/h5-8,12-13,26-30,36H,9-11,14H2,1-4H3/t26-,27-,28+,29-,30-/m1/s1. The molecule has 0 unspecified atom stereocenters. The van der Waals surface area contributed by atoms with Crippen molar-refractivity contribution in [2.45, 2.75) is 64.8 Å². The quantitative estimate of drug-likeness (QED) is 0.233. The summed E-state index contributed by atoms with van der Waals surface area (Å²) < 4.78 is 44.0. The third-order valence-corrected chi connectivity index (χ3v) is 6.44. The van der Waals surface area contributed by atoms with E-state index < -0.39 is 72.7 Å². The maximum atomic E-state index is 13.0. The zero-order chi connectivity index (χ0) is 32.0. The maximum Gasteiger partial charge on any atom is 0.303 e. The summed E-state index contributed by atoms with van der Waals surface area (Å²) in [5.74, 6) is -2.74. The molecule has 1 fully saturated rings. The third kappa shape index (κ3) is 8.16. The highest BCUT2D eigenvalue weighted by atomic mass is 16.7. The smallest absolute Gasteiger partial charge is 0.303 e. The van der Waals surface area contributed by atoms with E-state index in [9.17, 15) is 29.1 Å². The minimum atomic E-state index is -1.51. The van der Waals surface area contributed by atoms with Gasteiger partial charge in [0.1, 0.15) is 37.4 Å². The Balaban J connectivity index is 1.57. The van der Waals surface area contributed by atoms with Gasteiger partial charge in [-0.2, -0.15) is 0 Å². The van der Waals surface area contributed by atoms with Crippen molar-refractivity contribution >= 4 is 29.7 Å². The Morgan fingerprint density at radius 2 is 1.41 bits per heavy atom. The summed E-state index contributed by atoms with van der Waals surface area (Å²) in [6.07, 6.45) is -7.01. The molecule has 2 heterocycles. The molecule has 2 aromatic carbocycles. The number of Topliss-reactive ketones (excluding diaryl/α,β-unsaturated/α-hetero) is 1. The van der Waals surface area contributed by atoms with Gasteiger partial charge in [0.15, 0.2) is 29.5 Å². The highest BCUT2D eigenvalue weighted by Crippen LogP contribution is 2.34. The molecule has 0 radical (unpaired) electrons. The SMILES string of the molecule is CC(=O)OC[C@H]1O[C@@H](Oc2ccc(C(=O)Cc3ccc4c(c3)OCCO4)c(O)c2)[C@H](OC(C)=O)[C@@H](OC(C)=O)[C@@H]1OC(C)=O. The minimum absolute atomic E-state index is 0.00813. The molecule has 0 bridgehead atoms. The van der Waals surface area contributed by atoms with Crippen molar-refractivity contribution in [3.63, 3.8) is 0 Å². The number of rotatable bonds is 10. The van der Waals surface area contributed by atoms with E-state index in [4.69, 9.17) is 37.9 Å². The van der Waals surface area contributed by atoms with Crippen LogP contribution in [0.25, 0.3) is 0 Å². The topological polar surface area (TPSA) is 179 Å². The Morgan fingerprint density at radius 3 is 2.05 bits per heavy atom. The number of hydrogen-bond acceptors (Lipinski definition) is 14. The summed E-state index contributed by atoms with van der Waals surface area (Å²) in [7, 11) is 0. The van der Waals surface area contributed by atoms with Crippen molar-refractivity contribution in [3.05, 3.63) is 47.5 Å². The van der Waals surface area contributed by atoms with E-state index in [1.165, 1.54) is 12.1 Å². The van der Waals surface area contributed by atoms with Crippen LogP contribution >= 0.6 is 0 Å². The van der Waals surface area contributed by atoms with Gasteiger partial charge in [-0.05, 0) is 29.8 Å². The normalized spacial score (nSPS) is 22.2. The van der Waals surface area contributed by atoms with E-state index in [0.717, 1.165) is 33.8 Å². The number of esters is 4. The van der Waals surface area contributed by atoms with Crippen molar-refractivity contribution < 1.29 is 67.0 Å². The molecule has 2 aromatic rings. The van der Waals surface area contributed by atoms with E-state index in [1.54, 1.807) is 18.2 Å². The molecular formula is C30H32O14. The largest absolute Gasteiger partial charge is 0.507 e. The third-order valence-electron chi connectivity index (χ3n) is 6.44. The highest BCUT2D eigenvalue weighted by molar-refractivity contribution is 6.00. The summed E-state index contributed by atoms with van der Waals surface area (Å²) in [5.41, 5.74) is 0.658. The van der Waals surface area contributed by atoms with Gasteiger partial charge in [0.25, 0.3) is 0 Å². The van der Waals surface area contributed by atoms with Gasteiger partial charge in [-0.25, -0.2) is 0 Å². The lowest BCUT2D eigenvalue weighted by molar-refractivity contribution is -0.288. The van der Waals surface area contributed by atoms with Gasteiger partial charge in [0, 0.05) is 40.2 Å². The first-order valence-electron chi connectivity index (χ1n) is 13.6. The Labute approximate surface area is 252 Å². The van der Waals surface area contributed by atoms with Crippen LogP contribution in [0.2, 0.25) is 0 Å². The molecule has 0 spiro atoms. The molecule has 14 nitrogen and oxygen atoms in total. The van der Waals surface area contributed by atoms with Crippen LogP contribution in [-0.2, 0) is 49.3 Å². The number of fused-ring (bicyclic) bond motifs is 1. The van der Waals surface area contributed by atoms with Crippen LogP contribution in [0.4, 0.5) is 0 Å². The number of phenolic OH excluding ortho intramolecular Hbond substituents is 1. The molecule has 0 amide bonds. The van der Waals surface area contributed by atoms with Crippen LogP contribution in [0.15, 0.2) is 36.4 Å². The lowest BCUT2D eigenvalue weighted by Gasteiger charge is -2.43. The fourth-order valence-electron chi connectivity index (χ4n) is 4.72. The summed E-state index contributed by atoms with van der Waals surface area (Å²) in [4.78, 5) is 60.5. The average molecular weight is 617 g/mol. The molecule has 14 heteroatoms. The van der Waals surface area contributed by atoms with Crippen LogP contribution in [0.5, 0.6) is 23.0 Å². The molecule has 4 rings (SSSR count). The molecule has 0 aromatic heterocycles. The second kappa shape index (κ2) is 14.1. The first kappa shape index (κ1) is 32.1. The molecule has 1 N–H and O–H groups in total. The lowest BCUT2D eigenvalue weighted by Crippen LogP contribution is -2.63. The lowest BCUT2D eigenvalue weighted by atomic mass is 9.98. The molecule has 2 aliphatic rings. The first-order chi connectivity index (χ1) is 20.9. The molecule has 5 atom stereocenters. The number of aromatic hydroxyl groups is 1. The number of phenols is 1. The highest BCUT2D eigenvalue weighted by Gasteiger charge is 2.53. The van der Waals surface area contributed by atoms with Gasteiger partial charge in [-0.15, -0.1) is 0 Å². The zero-order valence-electron chi connectivity index (χ0n) is 24.4. The Kier molecular flexibility index (Phi) is 10.3. The number of ketones is 1. The van der Waals surface area contributed by atoms with Crippen LogP contribution < -0.4 is 14.2 Å². The number of hydrogen-bond donors (Lipinski definition) is 1. The Morgan fingerprint density at radius 1 is 0.773 bits per heavy atom. The minimum Gasteiger partial charge on any atom is -0.507 e. The zero-order valence-corrected chi connectivity index (χ0v) is 24.4. The second-order valence-corrected chi connectivity index (χ2v) is 9.94. The van der Waals surface area contributed by atoms with Crippen molar-refractivity contribution in [2.75, 3.05) is 19.8 Å². The van der Waals surface area contributed by atoms with Crippen molar-refractivity contribution in [3.8, 4) is 23.0 Å². The van der Waals surface area contributed by atoms with Crippen LogP contribution in [0, 0.1) is 0 Å². The van der Waals surface area contributed by atoms with E-state index in [1.807, 2.05) is 0 Å². The second-order valence-electron chi connectivity index (χ2n) is 9.94. The van der Waals surface area contributed by atoms with Crippen molar-refractivity contribution in [1.82, 2.24) is 0 Å². The van der Waals surface area contributed by atoms with E-state index in [-0.39, 0.29) is 17.7 Å². The van der Waals surface area contributed by atoms with E-state index >= 15 is 0 Å². The summed E-state index contributed by atoms with van der Waals surface area (Å²) in [5, 5.41) is 10.7. The molecule has 236 valence electrons. The van der Waals surface area contributed by atoms with Crippen LogP contribution in [-0.4, -0.2) is 85.3 Å². The van der Waals surface area contributed by atoms with Gasteiger partial charge in [-0.3, -0.25) is 24.0 Å². The van der Waals surface area contributed by atoms with Crippen LogP contribution in [0.1, 0.15) is 43.6 Å². The molecule has 0 saturated carbocycles. The van der Waals surface area contributed by atoms with Gasteiger partial charge in [0.05, 0.1) is 5.56 Å². The fraction of sp³-hybridized carbons (Fsp3) is 0.433. The van der Waals surface area contributed by atoms with Gasteiger partial charge in [0.2, 0.25) is 12.4 Å². The maximum absolute atomic E-state index is 13.0. The molecule has 1 saturated heterocycles. The molecule has 44 heavy (non-hydrogen) atoms. The predicted molar refractivity (Wildman–Crippen MR) is 146 cm³/mol. The number of carbonyl (C=O) groups is 5. The molecular weight excluding hydrogens is 584 g/mol. The van der Waals surface area contributed by atoms with Gasteiger partial charge >= 0.3 is 23.9 Å². The first-order valence-corrected chi connectivity index (χ1v) is 13.6. The predicted octanol–water partition coefficient (Wildman–Crippen LogP) is 2.05. The summed E-state index contributed by atoms with van der Waals surface area (Å²) in [6.45, 7) is 4.86. The summed E-state index contributed by atoms with van der Waals surface area (Å²) >= 11 is 0. The van der Waals surface area contributed by atoms with E-state index in [2.05, 4.69) is 0 Å². The average Bonchev–Trinajstić information content (AvgIpc) is 2.94. The fourth-order valence-corrected chi connectivity index (χ4v) is 4.72. The van der Waals surface area contributed by atoms with E-state index in [0.29, 0.717) is 30.3 Å². The Bertz CT molecular complexity index is 1420. The van der Waals surface area contributed by atoms with Crippen molar-refractivity contribution in [1.29, 1.82) is 0 Å². The monoisotopic (exact) mass is 616 g/mol. The van der Waals surface area contributed by atoms with Crippen molar-refractivity contribution in [2.24, 2.45) is 0 Å². The number of carbonyl (C=O) groups excluding carboxylic acids is 5. The van der Waals surface area contributed by atoms with Crippen LogP contribution in [0.3, 0.4) is 0 Å². The Hall–Kier alpha value is -4.85.